The molecular formula is C15H24N2O4. The largest absolute Gasteiger partial charge is 0.496 e. The number of carbonyl (C=O) groups excluding carboxylic acids is 1. The van der Waals surface area contributed by atoms with E-state index in [9.17, 15) is 9.90 Å². The fourth-order valence-corrected chi connectivity index (χ4v) is 1.75. The Labute approximate surface area is 125 Å². The van der Waals surface area contributed by atoms with Crippen molar-refractivity contribution < 1.29 is 19.4 Å². The van der Waals surface area contributed by atoms with Crippen molar-refractivity contribution in [3.63, 3.8) is 0 Å². The van der Waals surface area contributed by atoms with Crippen LogP contribution in [0.4, 0.5) is 10.5 Å². The van der Waals surface area contributed by atoms with E-state index in [1.165, 1.54) is 7.11 Å². The normalized spacial score (nSPS) is 14.2. The number of nitrogens with two attached hydrogens (primary N) is 1. The minimum Gasteiger partial charge on any atom is -0.496 e. The summed E-state index contributed by atoms with van der Waals surface area (Å²) in [6, 6.07) is 4.94. The Kier molecular flexibility index (Phi) is 5.20. The summed E-state index contributed by atoms with van der Waals surface area (Å²) in [6.07, 6.45) is -0.553. The molecule has 0 fully saturated rings. The molecule has 0 heterocycles. The molecule has 4 N–H and O–H groups in total. The second-order valence-electron chi connectivity index (χ2n) is 6.02. The van der Waals surface area contributed by atoms with Crippen LogP contribution in [0.25, 0.3) is 0 Å². The Bertz CT molecular complexity index is 507. The Hall–Kier alpha value is -1.79. The summed E-state index contributed by atoms with van der Waals surface area (Å²) in [7, 11) is 1.49. The molecule has 1 aromatic rings. The Balaban J connectivity index is 2.96. The van der Waals surface area contributed by atoms with Gasteiger partial charge in [-0.15, -0.1) is 0 Å². The third-order valence-electron chi connectivity index (χ3n) is 2.82. The van der Waals surface area contributed by atoms with Crippen molar-refractivity contribution in [2.45, 2.75) is 38.9 Å². The summed E-state index contributed by atoms with van der Waals surface area (Å²) in [4.78, 5) is 11.7. The zero-order valence-corrected chi connectivity index (χ0v) is 13.2. The summed E-state index contributed by atoms with van der Waals surface area (Å²) in [5.41, 5.74) is 4.85. The van der Waals surface area contributed by atoms with Crippen molar-refractivity contribution in [1.82, 2.24) is 0 Å². The summed E-state index contributed by atoms with van der Waals surface area (Å²) < 4.78 is 10.4. The van der Waals surface area contributed by atoms with E-state index in [4.69, 9.17) is 15.2 Å². The van der Waals surface area contributed by atoms with Gasteiger partial charge < -0.3 is 20.3 Å². The van der Waals surface area contributed by atoms with Crippen molar-refractivity contribution in [3.05, 3.63) is 23.8 Å². The van der Waals surface area contributed by atoms with Crippen LogP contribution < -0.4 is 15.8 Å². The summed E-state index contributed by atoms with van der Waals surface area (Å²) in [5, 5.41) is 12.8. The van der Waals surface area contributed by atoms with Crippen LogP contribution in [-0.2, 0) is 10.3 Å². The number of methoxy groups -OCH3 is 1. The zero-order chi connectivity index (χ0) is 16.3. The quantitative estimate of drug-likeness (QED) is 0.792. The average molecular weight is 296 g/mol. The lowest BCUT2D eigenvalue weighted by molar-refractivity contribution is 0.0635. The molecule has 1 amide bonds. The maximum Gasteiger partial charge on any atom is 0.412 e. The van der Waals surface area contributed by atoms with Gasteiger partial charge in [-0.1, -0.05) is 6.07 Å². The number of anilines is 1. The van der Waals surface area contributed by atoms with E-state index >= 15 is 0 Å². The average Bonchev–Trinajstić information content (AvgIpc) is 2.36. The summed E-state index contributed by atoms with van der Waals surface area (Å²) in [6.45, 7) is 7.02. The maximum absolute atomic E-state index is 11.7. The highest BCUT2D eigenvalue weighted by molar-refractivity contribution is 5.85. The topological polar surface area (TPSA) is 93.8 Å². The number of carbonyl (C=O) groups is 1. The highest BCUT2D eigenvalue weighted by Gasteiger charge is 2.25. The molecule has 6 nitrogen and oxygen atoms in total. The monoisotopic (exact) mass is 296 g/mol. The number of rotatable bonds is 4. The minimum atomic E-state index is -1.20. The molecule has 0 saturated heterocycles. The van der Waals surface area contributed by atoms with Gasteiger partial charge in [0.05, 0.1) is 7.11 Å². The zero-order valence-electron chi connectivity index (χ0n) is 13.2. The molecular weight excluding hydrogens is 272 g/mol. The SMILES string of the molecule is COc1cc(NC(=O)OC(C)(C)C)ccc1C(C)(O)CN. The fourth-order valence-electron chi connectivity index (χ4n) is 1.75. The molecule has 0 spiro atoms. The minimum absolute atomic E-state index is 0.0577. The lowest BCUT2D eigenvalue weighted by Crippen LogP contribution is -2.31. The highest BCUT2D eigenvalue weighted by Crippen LogP contribution is 2.31. The van der Waals surface area contributed by atoms with Crippen molar-refractivity contribution in [3.8, 4) is 5.75 Å². The van der Waals surface area contributed by atoms with Gasteiger partial charge in [0.15, 0.2) is 0 Å². The van der Waals surface area contributed by atoms with Gasteiger partial charge in [0.1, 0.15) is 17.0 Å². The predicted molar refractivity (Wildman–Crippen MR) is 81.5 cm³/mol. The van der Waals surface area contributed by atoms with Gasteiger partial charge in [-0.25, -0.2) is 4.79 Å². The van der Waals surface area contributed by atoms with Crippen molar-refractivity contribution in [2.24, 2.45) is 5.73 Å². The van der Waals surface area contributed by atoms with Crippen LogP contribution in [0.5, 0.6) is 5.75 Å². The van der Waals surface area contributed by atoms with Crippen molar-refractivity contribution in [1.29, 1.82) is 0 Å². The van der Waals surface area contributed by atoms with E-state index in [1.807, 2.05) is 0 Å². The Morgan fingerprint density at radius 2 is 1.95 bits per heavy atom. The molecule has 0 saturated carbocycles. The smallest absolute Gasteiger partial charge is 0.412 e. The number of aliphatic hydroxyl groups is 1. The molecule has 1 rings (SSSR count). The first-order valence-electron chi connectivity index (χ1n) is 6.70. The lowest BCUT2D eigenvalue weighted by Gasteiger charge is -2.24. The molecule has 1 unspecified atom stereocenters. The molecule has 0 aliphatic heterocycles. The third-order valence-corrected chi connectivity index (χ3v) is 2.82. The summed E-state index contributed by atoms with van der Waals surface area (Å²) in [5.74, 6) is 0.444. The highest BCUT2D eigenvalue weighted by atomic mass is 16.6. The first-order chi connectivity index (χ1) is 9.59. The van der Waals surface area contributed by atoms with Crippen LogP contribution in [0.15, 0.2) is 18.2 Å². The standard InChI is InChI=1S/C15H24N2O4/c1-14(2,3)21-13(18)17-10-6-7-11(12(8-10)20-5)15(4,19)9-16/h6-8,19H,9,16H2,1-5H3,(H,17,18). The first-order valence-corrected chi connectivity index (χ1v) is 6.70. The van der Waals surface area contributed by atoms with E-state index in [1.54, 1.807) is 45.9 Å². The molecule has 0 aliphatic rings. The molecule has 118 valence electrons. The van der Waals surface area contributed by atoms with Gasteiger partial charge in [-0.05, 0) is 33.8 Å². The van der Waals surface area contributed by atoms with E-state index in [0.29, 0.717) is 17.0 Å². The molecule has 21 heavy (non-hydrogen) atoms. The molecule has 0 aliphatic carbocycles. The van der Waals surface area contributed by atoms with E-state index in [-0.39, 0.29) is 6.54 Å². The molecule has 0 radical (unpaired) electrons. The van der Waals surface area contributed by atoms with Crippen LogP contribution in [0.1, 0.15) is 33.3 Å². The fraction of sp³-hybridized carbons (Fsp3) is 0.533. The number of hydrogen-bond acceptors (Lipinski definition) is 5. The Morgan fingerprint density at radius 3 is 2.43 bits per heavy atom. The number of amides is 1. The maximum atomic E-state index is 11.7. The van der Waals surface area contributed by atoms with Crippen LogP contribution in [0.2, 0.25) is 0 Å². The Morgan fingerprint density at radius 1 is 1.33 bits per heavy atom. The van der Waals surface area contributed by atoms with Gasteiger partial charge in [0.25, 0.3) is 0 Å². The van der Waals surface area contributed by atoms with Gasteiger partial charge >= 0.3 is 6.09 Å². The lowest BCUT2D eigenvalue weighted by atomic mass is 9.95. The predicted octanol–water partition coefficient (Wildman–Crippen LogP) is 2.21. The van der Waals surface area contributed by atoms with Gasteiger partial charge in [0.2, 0.25) is 0 Å². The van der Waals surface area contributed by atoms with Crippen molar-refractivity contribution in [2.75, 3.05) is 19.0 Å². The van der Waals surface area contributed by atoms with E-state index in [2.05, 4.69) is 5.32 Å². The number of ether oxygens (including phenoxy) is 2. The van der Waals surface area contributed by atoms with Crippen LogP contribution in [0.3, 0.4) is 0 Å². The second-order valence-corrected chi connectivity index (χ2v) is 6.02. The van der Waals surface area contributed by atoms with E-state index < -0.39 is 17.3 Å². The molecule has 0 aromatic heterocycles. The van der Waals surface area contributed by atoms with Crippen LogP contribution >= 0.6 is 0 Å². The van der Waals surface area contributed by atoms with Gasteiger partial charge in [-0.3, -0.25) is 5.32 Å². The molecule has 0 bridgehead atoms. The van der Waals surface area contributed by atoms with Gasteiger partial charge in [0, 0.05) is 23.9 Å². The summed E-state index contributed by atoms with van der Waals surface area (Å²) >= 11 is 0. The van der Waals surface area contributed by atoms with Crippen LogP contribution in [-0.4, -0.2) is 30.5 Å². The van der Waals surface area contributed by atoms with Gasteiger partial charge in [-0.2, -0.15) is 0 Å². The molecule has 1 atom stereocenters. The number of benzene rings is 1. The van der Waals surface area contributed by atoms with E-state index in [0.717, 1.165) is 0 Å². The second kappa shape index (κ2) is 6.32. The first kappa shape index (κ1) is 17.3. The third kappa shape index (κ3) is 4.91. The number of nitrogens with one attached hydrogen (secondary N) is 1. The van der Waals surface area contributed by atoms with Crippen LogP contribution in [0, 0.1) is 0 Å². The number of hydrogen-bond donors (Lipinski definition) is 3. The van der Waals surface area contributed by atoms with Crippen molar-refractivity contribution >= 4 is 11.8 Å². The molecule has 6 heteroatoms. The molecule has 1 aromatic carbocycles.